The number of methoxy groups -OCH3 is 2. The molecule has 0 aliphatic rings. The molecule has 0 aliphatic carbocycles. The number of thiazole rings is 1. The first-order valence-corrected chi connectivity index (χ1v) is 6.95. The summed E-state index contributed by atoms with van der Waals surface area (Å²) in [7, 11) is 3.27. The molecule has 2 aromatic rings. The highest BCUT2D eigenvalue weighted by molar-refractivity contribution is 7.13. The zero-order valence-corrected chi connectivity index (χ0v) is 12.2. The van der Waals surface area contributed by atoms with Gasteiger partial charge < -0.3 is 15.2 Å². The molecule has 4 nitrogen and oxygen atoms in total. The Bertz CT molecular complexity index is 552. The second kappa shape index (κ2) is 6.04. The second-order valence-electron chi connectivity index (χ2n) is 4.37. The van der Waals surface area contributed by atoms with Crippen molar-refractivity contribution >= 4 is 11.3 Å². The fraction of sp³-hybridized carbons (Fsp3) is 0.357. The molecule has 2 rings (SSSR count). The van der Waals surface area contributed by atoms with Crippen LogP contribution in [-0.4, -0.2) is 25.2 Å². The fourth-order valence-corrected chi connectivity index (χ4v) is 2.76. The first-order chi connectivity index (χ1) is 9.15. The van der Waals surface area contributed by atoms with Crippen molar-refractivity contribution in [3.8, 4) is 22.1 Å². The van der Waals surface area contributed by atoms with Gasteiger partial charge in [0, 0.05) is 17.8 Å². The minimum Gasteiger partial charge on any atom is -0.493 e. The van der Waals surface area contributed by atoms with Crippen molar-refractivity contribution in [3.05, 3.63) is 29.3 Å². The van der Waals surface area contributed by atoms with E-state index in [4.69, 9.17) is 15.2 Å². The quantitative estimate of drug-likeness (QED) is 0.913. The van der Waals surface area contributed by atoms with Crippen LogP contribution in [0, 0.1) is 0 Å². The van der Waals surface area contributed by atoms with Crippen molar-refractivity contribution in [2.75, 3.05) is 14.2 Å². The predicted molar refractivity (Wildman–Crippen MR) is 78.0 cm³/mol. The van der Waals surface area contributed by atoms with Crippen LogP contribution in [-0.2, 0) is 6.42 Å². The Labute approximate surface area is 117 Å². The molecular weight excluding hydrogens is 260 g/mol. The van der Waals surface area contributed by atoms with E-state index in [-0.39, 0.29) is 6.04 Å². The van der Waals surface area contributed by atoms with Crippen molar-refractivity contribution in [1.82, 2.24) is 4.98 Å². The summed E-state index contributed by atoms with van der Waals surface area (Å²) >= 11 is 1.59. The van der Waals surface area contributed by atoms with Gasteiger partial charge in [-0.05, 0) is 19.1 Å². The topological polar surface area (TPSA) is 57.4 Å². The minimum absolute atomic E-state index is 0.113. The van der Waals surface area contributed by atoms with Crippen LogP contribution in [0.15, 0.2) is 23.6 Å². The average molecular weight is 278 g/mol. The average Bonchev–Trinajstić information content (AvgIpc) is 2.85. The van der Waals surface area contributed by atoms with Gasteiger partial charge in [-0.2, -0.15) is 0 Å². The lowest BCUT2D eigenvalue weighted by molar-refractivity contribution is 0.356. The van der Waals surface area contributed by atoms with E-state index in [1.807, 2.05) is 30.5 Å². The molecule has 19 heavy (non-hydrogen) atoms. The van der Waals surface area contributed by atoms with Gasteiger partial charge in [-0.3, -0.25) is 0 Å². The molecule has 102 valence electrons. The summed E-state index contributed by atoms with van der Waals surface area (Å²) in [5, 5.41) is 2.96. The van der Waals surface area contributed by atoms with E-state index in [2.05, 4.69) is 4.98 Å². The van der Waals surface area contributed by atoms with Crippen molar-refractivity contribution < 1.29 is 9.47 Å². The molecule has 0 saturated carbocycles. The van der Waals surface area contributed by atoms with Crippen LogP contribution in [0.2, 0.25) is 0 Å². The maximum absolute atomic E-state index is 5.79. The smallest absolute Gasteiger partial charge is 0.170 e. The molecular formula is C14H18N2O2S. The second-order valence-corrected chi connectivity index (χ2v) is 5.22. The third-order valence-electron chi connectivity index (χ3n) is 2.72. The van der Waals surface area contributed by atoms with E-state index in [0.717, 1.165) is 22.7 Å². The number of nitrogens with zero attached hydrogens (tertiary/aromatic N) is 1. The fourth-order valence-electron chi connectivity index (χ4n) is 1.91. The number of ether oxygens (including phenoxy) is 2. The van der Waals surface area contributed by atoms with Crippen molar-refractivity contribution in [2.45, 2.75) is 19.4 Å². The van der Waals surface area contributed by atoms with Crippen molar-refractivity contribution in [1.29, 1.82) is 0 Å². The largest absolute Gasteiger partial charge is 0.493 e. The van der Waals surface area contributed by atoms with Crippen LogP contribution in [0.3, 0.4) is 0 Å². The molecule has 1 atom stereocenters. The first kappa shape index (κ1) is 13.8. The standard InChI is InChI=1S/C14H18N2O2S/c1-9(15)7-10-8-19-14(16-10)11-5-4-6-12(17-2)13(11)18-3/h4-6,8-9H,7,15H2,1-3H3. The van der Waals surface area contributed by atoms with Crippen molar-refractivity contribution in [2.24, 2.45) is 5.73 Å². The number of benzene rings is 1. The third-order valence-corrected chi connectivity index (χ3v) is 3.64. The zero-order valence-electron chi connectivity index (χ0n) is 11.3. The Morgan fingerprint density at radius 2 is 2.11 bits per heavy atom. The maximum atomic E-state index is 5.79. The maximum Gasteiger partial charge on any atom is 0.170 e. The number of nitrogens with two attached hydrogens (primary N) is 1. The summed E-state index contributed by atoms with van der Waals surface area (Å²) in [4.78, 5) is 4.61. The van der Waals surface area contributed by atoms with Gasteiger partial charge in [0.05, 0.1) is 25.5 Å². The summed E-state index contributed by atoms with van der Waals surface area (Å²) in [5.74, 6) is 1.43. The molecule has 0 spiro atoms. The molecule has 0 fully saturated rings. The van der Waals surface area contributed by atoms with Crippen LogP contribution < -0.4 is 15.2 Å². The zero-order chi connectivity index (χ0) is 13.8. The van der Waals surface area contributed by atoms with E-state index in [0.29, 0.717) is 11.5 Å². The van der Waals surface area contributed by atoms with Crippen LogP contribution in [0.25, 0.3) is 10.6 Å². The van der Waals surface area contributed by atoms with Crippen LogP contribution in [0.1, 0.15) is 12.6 Å². The van der Waals surface area contributed by atoms with E-state index in [9.17, 15) is 0 Å². The molecule has 0 bridgehead atoms. The predicted octanol–water partition coefficient (Wildman–Crippen LogP) is 2.72. The van der Waals surface area contributed by atoms with Gasteiger partial charge in [0.15, 0.2) is 11.5 Å². The molecule has 0 saturated heterocycles. The third kappa shape index (κ3) is 3.05. The molecule has 1 aromatic heterocycles. The first-order valence-electron chi connectivity index (χ1n) is 6.07. The number of hydrogen-bond donors (Lipinski definition) is 1. The molecule has 1 heterocycles. The number of aromatic nitrogens is 1. The van der Waals surface area contributed by atoms with Gasteiger partial charge in [-0.25, -0.2) is 4.98 Å². The summed E-state index contributed by atoms with van der Waals surface area (Å²) in [6.07, 6.45) is 0.781. The molecule has 0 radical (unpaired) electrons. The molecule has 1 aromatic carbocycles. The number of hydrogen-bond acceptors (Lipinski definition) is 5. The van der Waals surface area contributed by atoms with Gasteiger partial charge in [0.25, 0.3) is 0 Å². The van der Waals surface area contributed by atoms with Gasteiger partial charge in [-0.15, -0.1) is 11.3 Å². The molecule has 5 heteroatoms. The summed E-state index contributed by atoms with van der Waals surface area (Å²) in [6.45, 7) is 1.98. The van der Waals surface area contributed by atoms with E-state index < -0.39 is 0 Å². The van der Waals surface area contributed by atoms with Crippen LogP contribution in [0.5, 0.6) is 11.5 Å². The lowest BCUT2D eigenvalue weighted by Crippen LogP contribution is -2.17. The highest BCUT2D eigenvalue weighted by Gasteiger charge is 2.14. The minimum atomic E-state index is 0.113. The highest BCUT2D eigenvalue weighted by Crippen LogP contribution is 2.38. The summed E-state index contributed by atoms with van der Waals surface area (Å²) in [6, 6.07) is 5.90. The van der Waals surface area contributed by atoms with Gasteiger partial charge in [-0.1, -0.05) is 6.07 Å². The Hall–Kier alpha value is -1.59. The Morgan fingerprint density at radius 3 is 2.74 bits per heavy atom. The Kier molecular flexibility index (Phi) is 4.39. The lowest BCUT2D eigenvalue weighted by atomic mass is 10.2. The van der Waals surface area contributed by atoms with E-state index in [1.165, 1.54) is 0 Å². The van der Waals surface area contributed by atoms with E-state index >= 15 is 0 Å². The van der Waals surface area contributed by atoms with Gasteiger partial charge in [0.2, 0.25) is 0 Å². The van der Waals surface area contributed by atoms with Crippen LogP contribution >= 0.6 is 11.3 Å². The molecule has 1 unspecified atom stereocenters. The summed E-state index contributed by atoms with van der Waals surface area (Å²) in [5.41, 5.74) is 7.75. The normalized spacial score (nSPS) is 12.2. The monoisotopic (exact) mass is 278 g/mol. The molecule has 2 N–H and O–H groups in total. The number of para-hydroxylation sites is 1. The van der Waals surface area contributed by atoms with Gasteiger partial charge >= 0.3 is 0 Å². The summed E-state index contributed by atoms with van der Waals surface area (Å²) < 4.78 is 10.7. The SMILES string of the molecule is COc1cccc(-c2nc(CC(C)N)cs2)c1OC. The van der Waals surface area contributed by atoms with Crippen LogP contribution in [0.4, 0.5) is 0 Å². The van der Waals surface area contributed by atoms with E-state index in [1.54, 1.807) is 25.6 Å². The Morgan fingerprint density at radius 1 is 1.32 bits per heavy atom. The number of rotatable bonds is 5. The highest BCUT2D eigenvalue weighted by atomic mass is 32.1. The van der Waals surface area contributed by atoms with Crippen molar-refractivity contribution in [3.63, 3.8) is 0 Å². The molecule has 0 aliphatic heterocycles. The molecule has 0 amide bonds. The lowest BCUT2D eigenvalue weighted by Gasteiger charge is -2.10. The van der Waals surface area contributed by atoms with Gasteiger partial charge in [0.1, 0.15) is 5.01 Å². The Balaban J connectivity index is 2.38.